The third-order valence-electron chi connectivity index (χ3n) is 1.67. The van der Waals surface area contributed by atoms with Crippen LogP contribution in [-0.4, -0.2) is 15.0 Å². The van der Waals surface area contributed by atoms with Crippen molar-refractivity contribution in [3.8, 4) is 0 Å². The van der Waals surface area contributed by atoms with Gasteiger partial charge in [-0.15, -0.1) is 11.3 Å². The van der Waals surface area contributed by atoms with Gasteiger partial charge in [-0.1, -0.05) is 13.8 Å². The van der Waals surface area contributed by atoms with Gasteiger partial charge in [0.05, 0.1) is 17.4 Å². The summed E-state index contributed by atoms with van der Waals surface area (Å²) in [6.07, 6.45) is 1.82. The predicted molar refractivity (Wildman–Crippen MR) is 49.3 cm³/mol. The van der Waals surface area contributed by atoms with Crippen LogP contribution in [0, 0.1) is 0 Å². The standard InChI is InChI=1S/C8H9N3S/c1-5(2)6-3-9-8-7(11-6)10-4-12-8/h3-5H,1-2H3. The first-order valence-electron chi connectivity index (χ1n) is 3.83. The van der Waals surface area contributed by atoms with Crippen LogP contribution in [0.2, 0.25) is 0 Å². The second-order valence-corrected chi connectivity index (χ2v) is 3.76. The molecule has 12 heavy (non-hydrogen) atoms. The van der Waals surface area contributed by atoms with Gasteiger partial charge in [0, 0.05) is 0 Å². The predicted octanol–water partition coefficient (Wildman–Crippen LogP) is 2.21. The Morgan fingerprint density at radius 3 is 2.92 bits per heavy atom. The maximum absolute atomic E-state index is 4.37. The molecule has 0 N–H and O–H groups in total. The van der Waals surface area contributed by atoms with E-state index in [2.05, 4.69) is 28.8 Å². The normalized spacial score (nSPS) is 11.2. The SMILES string of the molecule is CC(C)c1cnc2scnc2n1. The molecule has 0 saturated heterocycles. The number of fused-ring (bicyclic) bond motifs is 1. The van der Waals surface area contributed by atoms with Crippen molar-refractivity contribution in [2.24, 2.45) is 0 Å². The van der Waals surface area contributed by atoms with Crippen LogP contribution in [0.3, 0.4) is 0 Å². The summed E-state index contributed by atoms with van der Waals surface area (Å²) in [6, 6.07) is 0. The second kappa shape index (κ2) is 2.79. The zero-order chi connectivity index (χ0) is 8.55. The van der Waals surface area contributed by atoms with Crippen molar-refractivity contribution < 1.29 is 0 Å². The lowest BCUT2D eigenvalue weighted by molar-refractivity contribution is 0.820. The molecule has 3 nitrogen and oxygen atoms in total. The van der Waals surface area contributed by atoms with Crippen molar-refractivity contribution in [2.75, 3.05) is 0 Å². The fourth-order valence-electron chi connectivity index (χ4n) is 0.953. The van der Waals surface area contributed by atoms with Crippen LogP contribution in [0.5, 0.6) is 0 Å². The summed E-state index contributed by atoms with van der Waals surface area (Å²) in [6.45, 7) is 4.20. The molecule has 4 heteroatoms. The molecular formula is C8H9N3S. The lowest BCUT2D eigenvalue weighted by Gasteiger charge is -2.00. The average Bonchev–Trinajstić information content (AvgIpc) is 2.49. The second-order valence-electron chi connectivity index (χ2n) is 2.93. The van der Waals surface area contributed by atoms with E-state index in [1.165, 1.54) is 11.3 Å². The van der Waals surface area contributed by atoms with Crippen molar-refractivity contribution in [2.45, 2.75) is 19.8 Å². The van der Waals surface area contributed by atoms with Gasteiger partial charge in [-0.25, -0.2) is 15.0 Å². The number of nitrogens with zero attached hydrogens (tertiary/aromatic N) is 3. The average molecular weight is 179 g/mol. The smallest absolute Gasteiger partial charge is 0.189 e. The summed E-state index contributed by atoms with van der Waals surface area (Å²) < 4.78 is 0. The quantitative estimate of drug-likeness (QED) is 0.673. The molecule has 0 amide bonds. The molecule has 62 valence electrons. The number of hydrogen-bond acceptors (Lipinski definition) is 4. The molecule has 2 rings (SSSR count). The summed E-state index contributed by atoms with van der Waals surface area (Å²) in [4.78, 5) is 13.7. The van der Waals surface area contributed by atoms with E-state index in [0.29, 0.717) is 5.92 Å². The zero-order valence-corrected chi connectivity index (χ0v) is 7.80. The molecular weight excluding hydrogens is 170 g/mol. The molecule has 2 aromatic heterocycles. The van der Waals surface area contributed by atoms with Gasteiger partial charge >= 0.3 is 0 Å². The first-order chi connectivity index (χ1) is 5.77. The number of aromatic nitrogens is 3. The molecule has 0 fully saturated rings. The Labute approximate surface area is 74.5 Å². The van der Waals surface area contributed by atoms with Crippen LogP contribution in [0.15, 0.2) is 11.7 Å². The van der Waals surface area contributed by atoms with Gasteiger partial charge in [0.2, 0.25) is 0 Å². The van der Waals surface area contributed by atoms with Crippen LogP contribution in [0.4, 0.5) is 0 Å². The van der Waals surface area contributed by atoms with Crippen LogP contribution < -0.4 is 0 Å². The number of thiazole rings is 1. The highest BCUT2D eigenvalue weighted by atomic mass is 32.1. The lowest BCUT2D eigenvalue weighted by Crippen LogP contribution is -1.93. The van der Waals surface area contributed by atoms with Crippen molar-refractivity contribution >= 4 is 21.8 Å². The molecule has 0 aliphatic heterocycles. The minimum atomic E-state index is 0.420. The van der Waals surface area contributed by atoms with Gasteiger partial charge in [-0.3, -0.25) is 0 Å². The topological polar surface area (TPSA) is 38.7 Å². The maximum atomic E-state index is 4.37. The molecule has 2 aromatic rings. The molecule has 0 aliphatic rings. The summed E-state index contributed by atoms with van der Waals surface area (Å²) in [5.41, 5.74) is 3.55. The molecule has 0 bridgehead atoms. The van der Waals surface area contributed by atoms with E-state index in [4.69, 9.17) is 0 Å². The molecule has 0 aliphatic carbocycles. The largest absolute Gasteiger partial charge is 0.240 e. The third kappa shape index (κ3) is 1.18. The summed E-state index contributed by atoms with van der Waals surface area (Å²) in [7, 11) is 0. The molecule has 0 aromatic carbocycles. The Balaban J connectivity index is 2.60. The molecule has 2 heterocycles. The van der Waals surface area contributed by atoms with E-state index in [1.54, 1.807) is 5.51 Å². The van der Waals surface area contributed by atoms with Gasteiger partial charge < -0.3 is 0 Å². The Morgan fingerprint density at radius 1 is 1.33 bits per heavy atom. The Hall–Kier alpha value is -1.03. The Bertz CT molecular complexity index is 394. The van der Waals surface area contributed by atoms with E-state index in [-0.39, 0.29) is 0 Å². The molecule has 0 saturated carbocycles. The minimum absolute atomic E-state index is 0.420. The van der Waals surface area contributed by atoms with Crippen LogP contribution in [0.1, 0.15) is 25.5 Å². The molecule has 0 unspecified atom stereocenters. The Kier molecular flexibility index (Phi) is 1.77. The highest BCUT2D eigenvalue weighted by Crippen LogP contribution is 2.16. The van der Waals surface area contributed by atoms with Gasteiger partial charge in [-0.05, 0) is 5.92 Å². The third-order valence-corrected chi connectivity index (χ3v) is 2.39. The molecule has 0 atom stereocenters. The summed E-state index contributed by atoms with van der Waals surface area (Å²) in [5, 5.41) is 0. The minimum Gasteiger partial charge on any atom is -0.240 e. The maximum Gasteiger partial charge on any atom is 0.189 e. The van der Waals surface area contributed by atoms with Gasteiger partial charge in [-0.2, -0.15) is 0 Å². The Morgan fingerprint density at radius 2 is 2.17 bits per heavy atom. The monoisotopic (exact) mass is 179 g/mol. The fourth-order valence-corrected chi connectivity index (χ4v) is 1.52. The first-order valence-corrected chi connectivity index (χ1v) is 4.71. The summed E-state index contributed by atoms with van der Waals surface area (Å²) >= 11 is 1.52. The van der Waals surface area contributed by atoms with Crippen molar-refractivity contribution in [3.63, 3.8) is 0 Å². The fraction of sp³-hybridized carbons (Fsp3) is 0.375. The van der Waals surface area contributed by atoms with Crippen LogP contribution in [0.25, 0.3) is 10.5 Å². The van der Waals surface area contributed by atoms with Crippen LogP contribution in [-0.2, 0) is 0 Å². The highest BCUT2D eigenvalue weighted by molar-refractivity contribution is 7.16. The van der Waals surface area contributed by atoms with E-state index in [9.17, 15) is 0 Å². The van der Waals surface area contributed by atoms with E-state index < -0.39 is 0 Å². The number of rotatable bonds is 1. The zero-order valence-electron chi connectivity index (χ0n) is 6.98. The molecule has 0 radical (unpaired) electrons. The van der Waals surface area contributed by atoms with Crippen molar-refractivity contribution in [1.82, 2.24) is 15.0 Å². The van der Waals surface area contributed by atoms with E-state index in [0.717, 1.165) is 16.2 Å². The lowest BCUT2D eigenvalue weighted by atomic mass is 10.1. The van der Waals surface area contributed by atoms with Crippen molar-refractivity contribution in [1.29, 1.82) is 0 Å². The van der Waals surface area contributed by atoms with Crippen molar-refractivity contribution in [3.05, 3.63) is 17.4 Å². The highest BCUT2D eigenvalue weighted by Gasteiger charge is 2.04. The van der Waals surface area contributed by atoms with Crippen LogP contribution >= 0.6 is 11.3 Å². The van der Waals surface area contributed by atoms with Gasteiger partial charge in [0.15, 0.2) is 10.5 Å². The first kappa shape index (κ1) is 7.61. The van der Waals surface area contributed by atoms with E-state index in [1.807, 2.05) is 6.20 Å². The number of hydrogen-bond donors (Lipinski definition) is 0. The molecule has 0 spiro atoms. The van der Waals surface area contributed by atoms with E-state index >= 15 is 0 Å². The van der Waals surface area contributed by atoms with Gasteiger partial charge in [0.25, 0.3) is 0 Å². The summed E-state index contributed by atoms with van der Waals surface area (Å²) in [5.74, 6) is 0.420. The van der Waals surface area contributed by atoms with Gasteiger partial charge in [0.1, 0.15) is 0 Å².